The highest BCUT2D eigenvalue weighted by molar-refractivity contribution is 5.63. The molecule has 132 valence electrons. The second-order valence-electron chi connectivity index (χ2n) is 6.97. The van der Waals surface area contributed by atoms with Gasteiger partial charge in [-0.15, -0.1) is 0 Å². The number of fused-ring (bicyclic) bond motifs is 1. The molecule has 1 aliphatic heterocycles. The molecule has 3 aromatic rings. The third kappa shape index (κ3) is 2.68. The number of anilines is 1. The van der Waals surface area contributed by atoms with E-state index in [1.807, 2.05) is 28.4 Å². The zero-order valence-electron chi connectivity index (χ0n) is 15.4. The van der Waals surface area contributed by atoms with Crippen LogP contribution >= 0.6 is 0 Å². The van der Waals surface area contributed by atoms with Crippen molar-refractivity contribution in [1.29, 1.82) is 0 Å². The van der Waals surface area contributed by atoms with E-state index in [1.54, 1.807) is 6.20 Å². The third-order valence-corrected chi connectivity index (χ3v) is 4.82. The van der Waals surface area contributed by atoms with Gasteiger partial charge in [-0.2, -0.15) is 9.61 Å². The predicted octanol–water partition coefficient (Wildman–Crippen LogP) is 2.36. The molecule has 25 heavy (non-hydrogen) atoms. The molecular formula is C18H24N6O. The SMILES string of the molecule is Cc1nc2cc(-c3nccn3C)nn2c(N2C[C@H](C)O[C@@H](C)C2)c1C. The maximum absolute atomic E-state index is 5.90. The van der Waals surface area contributed by atoms with Gasteiger partial charge in [-0.05, 0) is 27.7 Å². The molecule has 0 amide bonds. The number of ether oxygens (including phenoxy) is 1. The zero-order valence-corrected chi connectivity index (χ0v) is 15.4. The molecule has 0 aromatic carbocycles. The number of imidazole rings is 1. The van der Waals surface area contributed by atoms with Crippen molar-refractivity contribution in [3.05, 3.63) is 29.7 Å². The van der Waals surface area contributed by atoms with Crippen LogP contribution in [0.2, 0.25) is 0 Å². The number of rotatable bonds is 2. The summed E-state index contributed by atoms with van der Waals surface area (Å²) < 4.78 is 9.83. The number of aromatic nitrogens is 5. The highest BCUT2D eigenvalue weighted by Crippen LogP contribution is 2.28. The van der Waals surface area contributed by atoms with E-state index in [1.165, 1.54) is 0 Å². The van der Waals surface area contributed by atoms with Gasteiger partial charge in [0.15, 0.2) is 11.5 Å². The first-order valence-corrected chi connectivity index (χ1v) is 8.69. The summed E-state index contributed by atoms with van der Waals surface area (Å²) >= 11 is 0. The van der Waals surface area contributed by atoms with Crippen LogP contribution < -0.4 is 4.90 Å². The third-order valence-electron chi connectivity index (χ3n) is 4.82. The highest BCUT2D eigenvalue weighted by Gasteiger charge is 2.27. The van der Waals surface area contributed by atoms with E-state index in [-0.39, 0.29) is 12.2 Å². The zero-order chi connectivity index (χ0) is 17.7. The average Bonchev–Trinajstić information content (AvgIpc) is 3.13. The standard InChI is InChI=1S/C18H24N6O/c1-11-9-23(10-12(2)25-11)18-13(3)14(4)20-16-8-15(21-24(16)18)17-19-6-7-22(17)5/h6-8,11-12H,9-10H2,1-5H3/t11-,12-/m0/s1. The van der Waals surface area contributed by atoms with Crippen molar-refractivity contribution >= 4 is 11.5 Å². The van der Waals surface area contributed by atoms with Gasteiger partial charge in [-0.25, -0.2) is 9.97 Å². The fourth-order valence-electron chi connectivity index (χ4n) is 3.63. The second-order valence-corrected chi connectivity index (χ2v) is 6.97. The Morgan fingerprint density at radius 3 is 2.52 bits per heavy atom. The largest absolute Gasteiger partial charge is 0.372 e. The predicted molar refractivity (Wildman–Crippen MR) is 96.9 cm³/mol. The van der Waals surface area contributed by atoms with E-state index in [9.17, 15) is 0 Å². The van der Waals surface area contributed by atoms with E-state index >= 15 is 0 Å². The Balaban J connectivity index is 1.89. The molecule has 0 unspecified atom stereocenters. The second kappa shape index (κ2) is 5.84. The van der Waals surface area contributed by atoms with Crippen LogP contribution in [0.1, 0.15) is 25.1 Å². The maximum Gasteiger partial charge on any atom is 0.160 e. The van der Waals surface area contributed by atoms with E-state index in [4.69, 9.17) is 14.8 Å². The summed E-state index contributed by atoms with van der Waals surface area (Å²) in [6.45, 7) is 10.1. The topological polar surface area (TPSA) is 60.5 Å². The lowest BCUT2D eigenvalue weighted by molar-refractivity contribution is -0.00561. The molecular weight excluding hydrogens is 316 g/mol. The molecule has 0 radical (unpaired) electrons. The van der Waals surface area contributed by atoms with Crippen LogP contribution in [0.3, 0.4) is 0 Å². The summed E-state index contributed by atoms with van der Waals surface area (Å²) in [4.78, 5) is 11.5. The van der Waals surface area contributed by atoms with Crippen LogP contribution in [0.5, 0.6) is 0 Å². The molecule has 0 bridgehead atoms. The van der Waals surface area contributed by atoms with Crippen molar-refractivity contribution in [2.24, 2.45) is 7.05 Å². The normalized spacial score (nSPS) is 21.2. The van der Waals surface area contributed by atoms with E-state index < -0.39 is 0 Å². The fourth-order valence-corrected chi connectivity index (χ4v) is 3.63. The Labute approximate surface area is 147 Å². The van der Waals surface area contributed by atoms with Crippen molar-refractivity contribution in [3.63, 3.8) is 0 Å². The lowest BCUT2D eigenvalue weighted by atomic mass is 10.2. The fraction of sp³-hybridized carbons (Fsp3) is 0.500. The van der Waals surface area contributed by atoms with Crippen molar-refractivity contribution < 1.29 is 4.74 Å². The number of aryl methyl sites for hydroxylation is 2. The molecule has 4 heterocycles. The Morgan fingerprint density at radius 2 is 1.88 bits per heavy atom. The smallest absolute Gasteiger partial charge is 0.160 e. The molecule has 4 rings (SSSR count). The van der Waals surface area contributed by atoms with Crippen LogP contribution in [-0.2, 0) is 11.8 Å². The van der Waals surface area contributed by atoms with Gasteiger partial charge >= 0.3 is 0 Å². The Bertz CT molecular complexity index is 917. The highest BCUT2D eigenvalue weighted by atomic mass is 16.5. The summed E-state index contributed by atoms with van der Waals surface area (Å²) in [7, 11) is 1.97. The molecule has 0 aliphatic carbocycles. The molecule has 2 atom stereocenters. The van der Waals surface area contributed by atoms with Gasteiger partial charge in [-0.3, -0.25) is 0 Å². The first-order chi connectivity index (χ1) is 11.9. The van der Waals surface area contributed by atoms with Gasteiger partial charge in [0.05, 0.1) is 12.2 Å². The number of hydrogen-bond donors (Lipinski definition) is 0. The first-order valence-electron chi connectivity index (χ1n) is 8.69. The van der Waals surface area contributed by atoms with Gasteiger partial charge in [0.2, 0.25) is 0 Å². The number of hydrogen-bond acceptors (Lipinski definition) is 5. The lowest BCUT2D eigenvalue weighted by Gasteiger charge is -2.37. The summed E-state index contributed by atoms with van der Waals surface area (Å²) in [5.74, 6) is 1.94. The quantitative estimate of drug-likeness (QED) is 0.717. The summed E-state index contributed by atoms with van der Waals surface area (Å²) in [6, 6.07) is 2.01. The van der Waals surface area contributed by atoms with Crippen molar-refractivity contribution in [3.8, 4) is 11.5 Å². The molecule has 0 spiro atoms. The van der Waals surface area contributed by atoms with Crippen LogP contribution in [0.15, 0.2) is 18.5 Å². The summed E-state index contributed by atoms with van der Waals surface area (Å²) in [5.41, 5.74) is 3.87. The van der Waals surface area contributed by atoms with Crippen LogP contribution in [0, 0.1) is 13.8 Å². The average molecular weight is 340 g/mol. The van der Waals surface area contributed by atoms with Crippen LogP contribution in [0.25, 0.3) is 17.2 Å². The van der Waals surface area contributed by atoms with Crippen molar-refractivity contribution in [2.45, 2.75) is 39.9 Å². The van der Waals surface area contributed by atoms with E-state index in [0.717, 1.165) is 47.3 Å². The molecule has 1 aliphatic rings. The first kappa shape index (κ1) is 16.1. The van der Waals surface area contributed by atoms with Crippen molar-refractivity contribution in [2.75, 3.05) is 18.0 Å². The van der Waals surface area contributed by atoms with E-state index in [0.29, 0.717) is 0 Å². The molecule has 1 saturated heterocycles. The molecule has 7 nitrogen and oxygen atoms in total. The molecule has 0 saturated carbocycles. The summed E-state index contributed by atoms with van der Waals surface area (Å²) in [6.07, 6.45) is 4.10. The minimum atomic E-state index is 0.191. The maximum atomic E-state index is 5.90. The Morgan fingerprint density at radius 1 is 1.16 bits per heavy atom. The minimum Gasteiger partial charge on any atom is -0.372 e. The van der Waals surface area contributed by atoms with Gasteiger partial charge in [-0.1, -0.05) is 0 Å². The number of nitrogens with zero attached hydrogens (tertiary/aromatic N) is 6. The van der Waals surface area contributed by atoms with E-state index in [2.05, 4.69) is 37.6 Å². The van der Waals surface area contributed by atoms with Gasteiger partial charge < -0.3 is 14.2 Å². The molecule has 3 aromatic heterocycles. The Kier molecular flexibility index (Phi) is 3.76. The van der Waals surface area contributed by atoms with Gasteiger partial charge in [0.1, 0.15) is 11.5 Å². The van der Waals surface area contributed by atoms with Gasteiger partial charge in [0, 0.05) is 49.9 Å². The van der Waals surface area contributed by atoms with Crippen LogP contribution in [0.4, 0.5) is 5.82 Å². The van der Waals surface area contributed by atoms with Crippen LogP contribution in [-0.4, -0.2) is 49.4 Å². The molecule has 1 fully saturated rings. The van der Waals surface area contributed by atoms with Crippen molar-refractivity contribution in [1.82, 2.24) is 24.1 Å². The summed E-state index contributed by atoms with van der Waals surface area (Å²) in [5, 5.41) is 4.83. The Hall–Kier alpha value is -2.41. The lowest BCUT2D eigenvalue weighted by Crippen LogP contribution is -2.46. The number of morpholine rings is 1. The molecule has 7 heteroatoms. The monoisotopic (exact) mass is 340 g/mol. The minimum absolute atomic E-state index is 0.191. The van der Waals surface area contributed by atoms with Gasteiger partial charge in [0.25, 0.3) is 0 Å². The molecule has 0 N–H and O–H groups in total.